The standard InChI is InChI=1S/C20H26N8O3/c1-5-25(2)19(30)15-10-21-26(3)17(15)18(29)22-13-6-7-16-23-20(24-28(16)11-13)27-9-8-14(12-27)31-4/h6-7,10-11,14H,5,8-9,12H2,1-4H3,(H,22,29). The highest BCUT2D eigenvalue weighted by Crippen LogP contribution is 2.20. The molecule has 31 heavy (non-hydrogen) atoms. The Morgan fingerprint density at radius 3 is 2.87 bits per heavy atom. The SMILES string of the molecule is CCN(C)C(=O)c1cnn(C)c1C(=O)Nc1ccc2nc(N3CCC(OC)C3)nn2c1. The molecule has 164 valence electrons. The molecule has 0 bridgehead atoms. The third-order valence-corrected chi connectivity index (χ3v) is 5.54. The zero-order valence-electron chi connectivity index (χ0n) is 18.1. The molecule has 1 fully saturated rings. The van der Waals surface area contributed by atoms with Crippen LogP contribution < -0.4 is 10.2 Å². The average molecular weight is 426 g/mol. The van der Waals surface area contributed by atoms with Gasteiger partial charge in [-0.25, -0.2) is 4.52 Å². The summed E-state index contributed by atoms with van der Waals surface area (Å²) in [4.78, 5) is 33.7. The maximum absolute atomic E-state index is 12.9. The average Bonchev–Trinajstić information content (AvgIpc) is 3.49. The molecule has 4 heterocycles. The van der Waals surface area contributed by atoms with E-state index in [4.69, 9.17) is 4.74 Å². The summed E-state index contributed by atoms with van der Waals surface area (Å²) in [6, 6.07) is 3.54. The Kier molecular flexibility index (Phi) is 5.59. The molecular formula is C20H26N8O3. The van der Waals surface area contributed by atoms with Crippen LogP contribution in [0, 0.1) is 0 Å². The third kappa shape index (κ3) is 3.96. The van der Waals surface area contributed by atoms with Crippen LogP contribution in [-0.4, -0.2) is 81.0 Å². The van der Waals surface area contributed by atoms with E-state index in [1.807, 2.05) is 6.92 Å². The van der Waals surface area contributed by atoms with E-state index in [0.717, 1.165) is 19.5 Å². The van der Waals surface area contributed by atoms with Crippen LogP contribution in [0.5, 0.6) is 0 Å². The molecule has 1 atom stereocenters. The summed E-state index contributed by atoms with van der Waals surface area (Å²) in [5.41, 5.74) is 1.67. The summed E-state index contributed by atoms with van der Waals surface area (Å²) in [5.74, 6) is -0.0442. The lowest BCUT2D eigenvalue weighted by Crippen LogP contribution is -2.29. The smallest absolute Gasteiger partial charge is 0.274 e. The van der Waals surface area contributed by atoms with E-state index in [0.29, 0.717) is 23.8 Å². The van der Waals surface area contributed by atoms with Gasteiger partial charge in [-0.05, 0) is 25.5 Å². The molecule has 11 nitrogen and oxygen atoms in total. The van der Waals surface area contributed by atoms with E-state index in [2.05, 4.69) is 25.4 Å². The molecule has 0 radical (unpaired) electrons. The number of fused-ring (bicyclic) bond motifs is 1. The Morgan fingerprint density at radius 2 is 2.16 bits per heavy atom. The second-order valence-electron chi connectivity index (χ2n) is 7.53. The molecule has 1 N–H and O–H groups in total. The molecule has 0 saturated carbocycles. The number of rotatable bonds is 6. The van der Waals surface area contributed by atoms with Gasteiger partial charge in [-0.2, -0.15) is 10.1 Å². The second-order valence-corrected chi connectivity index (χ2v) is 7.53. The number of hydrogen-bond acceptors (Lipinski definition) is 7. The van der Waals surface area contributed by atoms with Crippen molar-refractivity contribution in [3.63, 3.8) is 0 Å². The van der Waals surface area contributed by atoms with E-state index in [1.165, 1.54) is 15.8 Å². The molecule has 0 aliphatic carbocycles. The summed E-state index contributed by atoms with van der Waals surface area (Å²) in [6.07, 6.45) is 4.24. The molecule has 1 aliphatic rings. The minimum Gasteiger partial charge on any atom is -0.380 e. The predicted molar refractivity (Wildman–Crippen MR) is 114 cm³/mol. The van der Waals surface area contributed by atoms with Crippen LogP contribution in [0.4, 0.5) is 11.6 Å². The molecular weight excluding hydrogens is 400 g/mol. The molecule has 0 spiro atoms. The van der Waals surface area contributed by atoms with Crippen molar-refractivity contribution >= 4 is 29.1 Å². The van der Waals surface area contributed by atoms with E-state index in [9.17, 15) is 9.59 Å². The summed E-state index contributed by atoms with van der Waals surface area (Å²) in [6.45, 7) is 3.98. The minimum atomic E-state index is -0.421. The first kappa shape index (κ1) is 20.8. The fraction of sp³-hybridized carbons (Fsp3) is 0.450. The molecule has 3 aromatic heterocycles. The Bertz CT molecular complexity index is 1120. The fourth-order valence-electron chi connectivity index (χ4n) is 3.58. The van der Waals surface area contributed by atoms with Crippen molar-refractivity contribution in [1.82, 2.24) is 29.3 Å². The summed E-state index contributed by atoms with van der Waals surface area (Å²) in [7, 11) is 5.03. The first-order chi connectivity index (χ1) is 14.9. The fourth-order valence-corrected chi connectivity index (χ4v) is 3.58. The molecule has 11 heteroatoms. The zero-order chi connectivity index (χ0) is 22.1. The first-order valence-corrected chi connectivity index (χ1v) is 10.1. The van der Waals surface area contributed by atoms with Gasteiger partial charge in [-0.3, -0.25) is 14.3 Å². The van der Waals surface area contributed by atoms with E-state index >= 15 is 0 Å². The zero-order valence-corrected chi connectivity index (χ0v) is 18.1. The van der Waals surface area contributed by atoms with Gasteiger partial charge in [0.1, 0.15) is 5.69 Å². The normalized spacial score (nSPS) is 16.1. The Morgan fingerprint density at radius 1 is 1.35 bits per heavy atom. The van der Waals surface area contributed by atoms with Gasteiger partial charge in [-0.1, -0.05) is 0 Å². The quantitative estimate of drug-likeness (QED) is 0.627. The van der Waals surface area contributed by atoms with Crippen LogP contribution >= 0.6 is 0 Å². The maximum atomic E-state index is 12.9. The number of hydrogen-bond donors (Lipinski definition) is 1. The van der Waals surface area contributed by atoms with Gasteiger partial charge >= 0.3 is 0 Å². The van der Waals surface area contributed by atoms with Crippen LogP contribution in [0.2, 0.25) is 0 Å². The van der Waals surface area contributed by atoms with E-state index in [1.54, 1.807) is 44.1 Å². The van der Waals surface area contributed by atoms with Crippen molar-refractivity contribution in [1.29, 1.82) is 0 Å². The van der Waals surface area contributed by atoms with Crippen LogP contribution in [-0.2, 0) is 11.8 Å². The van der Waals surface area contributed by atoms with Crippen molar-refractivity contribution < 1.29 is 14.3 Å². The topological polar surface area (TPSA) is 110 Å². The van der Waals surface area contributed by atoms with Crippen LogP contribution in [0.15, 0.2) is 24.5 Å². The second kappa shape index (κ2) is 8.34. The highest BCUT2D eigenvalue weighted by atomic mass is 16.5. The number of amides is 2. The Labute approximate surface area is 179 Å². The van der Waals surface area contributed by atoms with Gasteiger partial charge in [0.05, 0.1) is 29.7 Å². The number of carbonyl (C=O) groups excluding carboxylic acids is 2. The first-order valence-electron chi connectivity index (χ1n) is 10.1. The van der Waals surface area contributed by atoms with Crippen LogP contribution in [0.1, 0.15) is 34.2 Å². The van der Waals surface area contributed by atoms with Gasteiger partial charge in [0.2, 0.25) is 5.95 Å². The lowest BCUT2D eigenvalue weighted by atomic mass is 10.2. The number of aryl methyl sites for hydroxylation is 1. The Balaban J connectivity index is 1.55. The lowest BCUT2D eigenvalue weighted by Gasteiger charge is -2.14. The molecule has 1 aliphatic heterocycles. The van der Waals surface area contributed by atoms with Crippen molar-refractivity contribution in [2.24, 2.45) is 7.05 Å². The Hall–Kier alpha value is -3.47. The molecule has 2 amide bonds. The molecule has 4 rings (SSSR count). The number of anilines is 2. The third-order valence-electron chi connectivity index (χ3n) is 5.54. The van der Waals surface area contributed by atoms with Crippen molar-refractivity contribution in [2.45, 2.75) is 19.4 Å². The van der Waals surface area contributed by atoms with Gasteiger partial charge in [0.25, 0.3) is 11.8 Å². The highest BCUT2D eigenvalue weighted by molar-refractivity contribution is 6.11. The summed E-state index contributed by atoms with van der Waals surface area (Å²) >= 11 is 0. The lowest BCUT2D eigenvalue weighted by molar-refractivity contribution is 0.0796. The number of carbonyl (C=O) groups is 2. The number of aromatic nitrogens is 5. The maximum Gasteiger partial charge on any atom is 0.274 e. The van der Waals surface area contributed by atoms with E-state index in [-0.39, 0.29) is 23.3 Å². The molecule has 1 saturated heterocycles. The summed E-state index contributed by atoms with van der Waals surface area (Å²) < 4.78 is 8.44. The van der Waals surface area contributed by atoms with Crippen molar-refractivity contribution in [3.8, 4) is 0 Å². The van der Waals surface area contributed by atoms with Crippen molar-refractivity contribution in [2.75, 3.05) is 44.0 Å². The van der Waals surface area contributed by atoms with Crippen LogP contribution in [0.3, 0.4) is 0 Å². The molecule has 1 unspecified atom stereocenters. The van der Waals surface area contributed by atoms with E-state index < -0.39 is 5.91 Å². The van der Waals surface area contributed by atoms with Crippen LogP contribution in [0.25, 0.3) is 5.65 Å². The monoisotopic (exact) mass is 426 g/mol. The number of nitrogens with one attached hydrogen (secondary N) is 1. The van der Waals surface area contributed by atoms with Gasteiger partial charge in [0, 0.05) is 40.8 Å². The van der Waals surface area contributed by atoms with Crippen molar-refractivity contribution in [3.05, 3.63) is 35.8 Å². The molecule has 3 aromatic rings. The predicted octanol–water partition coefficient (Wildman–Crippen LogP) is 1.03. The number of ether oxygens (including phenoxy) is 1. The largest absolute Gasteiger partial charge is 0.380 e. The summed E-state index contributed by atoms with van der Waals surface area (Å²) in [5, 5.41) is 11.5. The van der Waals surface area contributed by atoms with Gasteiger partial charge < -0.3 is 19.9 Å². The highest BCUT2D eigenvalue weighted by Gasteiger charge is 2.26. The minimum absolute atomic E-state index is 0.184. The molecule has 0 aromatic carbocycles. The van der Waals surface area contributed by atoms with Gasteiger partial charge in [0.15, 0.2) is 5.65 Å². The number of nitrogens with zero attached hydrogens (tertiary/aromatic N) is 7. The van der Waals surface area contributed by atoms with Gasteiger partial charge in [-0.15, -0.1) is 5.10 Å². The number of pyridine rings is 1. The number of methoxy groups -OCH3 is 1.